The highest BCUT2D eigenvalue weighted by molar-refractivity contribution is 7.21. The minimum atomic E-state index is -0.417. The van der Waals surface area contributed by atoms with Gasteiger partial charge in [0.2, 0.25) is 5.75 Å². The van der Waals surface area contributed by atoms with Gasteiger partial charge in [0.1, 0.15) is 27.2 Å². The van der Waals surface area contributed by atoms with Gasteiger partial charge in [-0.2, -0.15) is 5.26 Å². The molecule has 3 aromatic heterocycles. The van der Waals surface area contributed by atoms with Crippen molar-refractivity contribution in [2.75, 3.05) is 38.1 Å². The van der Waals surface area contributed by atoms with E-state index < -0.39 is 5.91 Å². The Kier molecular flexibility index (Phi) is 6.55. The Morgan fingerprint density at radius 3 is 2.36 bits per heavy atom. The third-order valence-electron chi connectivity index (χ3n) is 6.27. The average molecular weight is 541 g/mol. The number of ether oxygens (including phenoxy) is 3. The average Bonchev–Trinajstić information content (AvgIpc) is 3.26. The van der Waals surface area contributed by atoms with E-state index in [-0.39, 0.29) is 21.9 Å². The number of methoxy groups -OCH3 is 3. The van der Waals surface area contributed by atoms with Gasteiger partial charge in [0.15, 0.2) is 11.5 Å². The third-order valence-corrected chi connectivity index (χ3v) is 7.37. The van der Waals surface area contributed by atoms with Gasteiger partial charge in [-0.15, -0.1) is 11.3 Å². The van der Waals surface area contributed by atoms with Crippen LogP contribution in [0.3, 0.4) is 0 Å². The molecule has 0 atom stereocenters. The van der Waals surface area contributed by atoms with Gasteiger partial charge in [0.05, 0.1) is 38.2 Å². The van der Waals surface area contributed by atoms with Gasteiger partial charge < -0.3 is 31.0 Å². The van der Waals surface area contributed by atoms with Crippen LogP contribution in [0.15, 0.2) is 42.5 Å². The highest BCUT2D eigenvalue weighted by Gasteiger charge is 2.26. The largest absolute Gasteiger partial charge is 0.493 e. The number of nitrogens with two attached hydrogens (primary N) is 2. The van der Waals surface area contributed by atoms with E-state index in [0.717, 1.165) is 27.9 Å². The molecule has 11 heteroatoms. The minimum absolute atomic E-state index is 0.0118. The number of hydrogen-bond acceptors (Lipinski definition) is 10. The number of rotatable bonds is 6. The maximum Gasteiger partial charge on any atom is 0.267 e. The summed E-state index contributed by atoms with van der Waals surface area (Å²) in [5.74, 6) is 0.743. The van der Waals surface area contributed by atoms with E-state index in [4.69, 9.17) is 25.7 Å². The van der Waals surface area contributed by atoms with E-state index >= 15 is 0 Å². The van der Waals surface area contributed by atoms with Crippen molar-refractivity contribution < 1.29 is 19.0 Å². The van der Waals surface area contributed by atoms with E-state index in [1.807, 2.05) is 31.2 Å². The fraction of sp³-hybridized carbons (Fsp3) is 0.143. The van der Waals surface area contributed by atoms with E-state index in [1.165, 1.54) is 21.3 Å². The predicted octanol–water partition coefficient (Wildman–Crippen LogP) is 5.13. The van der Waals surface area contributed by atoms with Crippen molar-refractivity contribution in [2.24, 2.45) is 0 Å². The fourth-order valence-corrected chi connectivity index (χ4v) is 5.56. The second-order valence-electron chi connectivity index (χ2n) is 8.58. The van der Waals surface area contributed by atoms with Crippen molar-refractivity contribution in [1.82, 2.24) is 9.97 Å². The number of aromatic nitrogens is 2. The van der Waals surface area contributed by atoms with Crippen LogP contribution in [-0.4, -0.2) is 37.2 Å². The van der Waals surface area contributed by atoms with Crippen molar-refractivity contribution in [3.63, 3.8) is 0 Å². The van der Waals surface area contributed by atoms with Gasteiger partial charge in [0, 0.05) is 22.0 Å². The number of thiophene rings is 1. The Morgan fingerprint density at radius 1 is 1.03 bits per heavy atom. The van der Waals surface area contributed by atoms with E-state index in [1.54, 1.807) is 18.2 Å². The van der Waals surface area contributed by atoms with Gasteiger partial charge in [-0.05, 0) is 36.8 Å². The number of hydrogen-bond donors (Lipinski definition) is 3. The maximum atomic E-state index is 13.5. The molecule has 0 aliphatic rings. The van der Waals surface area contributed by atoms with E-state index in [2.05, 4.69) is 21.4 Å². The summed E-state index contributed by atoms with van der Waals surface area (Å²) in [6.07, 6.45) is 0. The molecule has 2 aromatic carbocycles. The van der Waals surface area contributed by atoms with Crippen molar-refractivity contribution in [3.8, 4) is 34.4 Å². The van der Waals surface area contributed by atoms with Gasteiger partial charge >= 0.3 is 0 Å². The van der Waals surface area contributed by atoms with Gasteiger partial charge in [-0.1, -0.05) is 18.2 Å². The first-order valence-corrected chi connectivity index (χ1v) is 12.5. The lowest BCUT2D eigenvalue weighted by atomic mass is 9.96. The molecule has 39 heavy (non-hydrogen) atoms. The molecule has 0 saturated carbocycles. The van der Waals surface area contributed by atoms with Crippen LogP contribution < -0.4 is 31.0 Å². The number of carbonyl (C=O) groups is 1. The highest BCUT2D eigenvalue weighted by atomic mass is 32.1. The molecule has 10 nitrogen and oxygen atoms in total. The van der Waals surface area contributed by atoms with Crippen molar-refractivity contribution in [3.05, 3.63) is 58.6 Å². The molecule has 0 radical (unpaired) electrons. The summed E-state index contributed by atoms with van der Waals surface area (Å²) >= 11 is 1.09. The van der Waals surface area contributed by atoms with E-state index in [0.29, 0.717) is 44.3 Å². The number of benzene rings is 2. The number of nitrogen functional groups attached to an aromatic ring is 2. The lowest BCUT2D eigenvalue weighted by Gasteiger charge is -2.16. The highest BCUT2D eigenvalue weighted by Crippen LogP contribution is 2.47. The zero-order chi connectivity index (χ0) is 27.8. The topological polar surface area (TPSA) is 158 Å². The number of nitrogens with one attached hydrogen (secondary N) is 1. The normalized spacial score (nSPS) is 10.8. The van der Waals surface area contributed by atoms with Crippen LogP contribution in [0.5, 0.6) is 17.2 Å². The van der Waals surface area contributed by atoms with Crippen LogP contribution in [-0.2, 0) is 0 Å². The summed E-state index contributed by atoms with van der Waals surface area (Å²) < 4.78 is 16.5. The van der Waals surface area contributed by atoms with Crippen LogP contribution in [0.4, 0.5) is 17.2 Å². The first-order chi connectivity index (χ1) is 18.8. The molecule has 1 amide bonds. The summed E-state index contributed by atoms with van der Waals surface area (Å²) in [5.41, 5.74) is 16.2. The zero-order valence-corrected chi connectivity index (χ0v) is 22.4. The third kappa shape index (κ3) is 4.26. The zero-order valence-electron chi connectivity index (χ0n) is 21.6. The molecule has 0 bridgehead atoms. The molecule has 0 aliphatic heterocycles. The summed E-state index contributed by atoms with van der Waals surface area (Å²) in [6, 6.07) is 14.8. The van der Waals surface area contributed by atoms with E-state index in [9.17, 15) is 10.1 Å². The number of carbonyl (C=O) groups excluding carboxylic acids is 1. The number of aryl methyl sites for hydroxylation is 1. The summed E-state index contributed by atoms with van der Waals surface area (Å²) in [5, 5.41) is 14.2. The number of amides is 1. The smallest absolute Gasteiger partial charge is 0.267 e. The summed E-state index contributed by atoms with van der Waals surface area (Å²) in [6.45, 7) is 1.86. The van der Waals surface area contributed by atoms with Crippen molar-refractivity contribution >= 4 is 55.6 Å². The number of fused-ring (bicyclic) bond motifs is 2. The lowest BCUT2D eigenvalue weighted by molar-refractivity contribution is 0.103. The maximum absolute atomic E-state index is 13.5. The quantitative estimate of drug-likeness (QED) is 0.265. The van der Waals surface area contributed by atoms with Gasteiger partial charge in [-0.3, -0.25) is 9.78 Å². The van der Waals surface area contributed by atoms with Gasteiger partial charge in [0.25, 0.3) is 5.91 Å². The standard InChI is InChI=1S/C28H24N6O4S/c1-13-9-18(15-7-5-6-8-17(15)32-13)33-27(35)25-23(30)22-21(16(12-29)26(31)34-28(22)39-25)14-10-19(36-2)24(38-4)20(11-14)37-3/h5-11H,30H2,1-4H3,(H2,31,34)(H,32,33,35). The molecule has 0 unspecified atom stereocenters. The molecule has 0 aliphatic carbocycles. The Balaban J connectivity index is 1.71. The van der Waals surface area contributed by atoms with Crippen LogP contribution in [0.2, 0.25) is 0 Å². The summed E-state index contributed by atoms with van der Waals surface area (Å²) in [4.78, 5) is 23.1. The number of nitriles is 1. The molecule has 5 rings (SSSR count). The minimum Gasteiger partial charge on any atom is -0.493 e. The molecule has 5 aromatic rings. The number of para-hydroxylation sites is 1. The van der Waals surface area contributed by atoms with Gasteiger partial charge in [-0.25, -0.2) is 4.98 Å². The Hall–Kier alpha value is -5.08. The Morgan fingerprint density at radius 2 is 1.72 bits per heavy atom. The fourth-order valence-electron chi connectivity index (χ4n) is 4.56. The molecular weight excluding hydrogens is 516 g/mol. The molecule has 0 spiro atoms. The first-order valence-electron chi connectivity index (χ1n) is 11.7. The molecule has 196 valence electrons. The molecule has 0 fully saturated rings. The predicted molar refractivity (Wildman–Crippen MR) is 153 cm³/mol. The summed E-state index contributed by atoms with van der Waals surface area (Å²) in [7, 11) is 4.49. The Bertz CT molecular complexity index is 1800. The number of nitrogens with zero attached hydrogens (tertiary/aromatic N) is 3. The van der Waals surface area contributed by atoms with Crippen molar-refractivity contribution in [1.29, 1.82) is 5.26 Å². The number of pyridine rings is 2. The van der Waals surface area contributed by atoms with Crippen molar-refractivity contribution in [2.45, 2.75) is 6.92 Å². The number of anilines is 3. The molecule has 3 heterocycles. The monoisotopic (exact) mass is 540 g/mol. The second kappa shape index (κ2) is 10.00. The Labute approximate surface area is 227 Å². The second-order valence-corrected chi connectivity index (χ2v) is 9.58. The van der Waals surface area contributed by atoms with Crippen LogP contribution in [0, 0.1) is 18.3 Å². The lowest BCUT2D eigenvalue weighted by Crippen LogP contribution is -2.12. The molecule has 0 saturated heterocycles. The van der Waals surface area contributed by atoms with Crippen LogP contribution >= 0.6 is 11.3 Å². The SMILES string of the molecule is COc1cc(-c2c(C#N)c(N)nc3sc(C(=O)Nc4cc(C)nc5ccccc45)c(N)c23)cc(OC)c1OC. The molecule has 5 N–H and O–H groups in total. The first kappa shape index (κ1) is 25.6. The van der Waals surface area contributed by atoms with Crippen LogP contribution in [0.25, 0.3) is 32.2 Å². The van der Waals surface area contributed by atoms with Crippen LogP contribution in [0.1, 0.15) is 20.9 Å². The molecular formula is C28H24N6O4S.